The van der Waals surface area contributed by atoms with E-state index in [1.54, 1.807) is 28.0 Å². The zero-order valence-corrected chi connectivity index (χ0v) is 15.9. The van der Waals surface area contributed by atoms with Gasteiger partial charge in [0.15, 0.2) is 0 Å². The Hall–Kier alpha value is -2.08. The van der Waals surface area contributed by atoms with Crippen LogP contribution in [0, 0.1) is 11.8 Å². The van der Waals surface area contributed by atoms with Crippen LogP contribution >= 0.6 is 11.6 Å². The zero-order chi connectivity index (χ0) is 18.8. The molecule has 0 aromatic heterocycles. The van der Waals surface area contributed by atoms with E-state index < -0.39 is 0 Å². The molecule has 0 aliphatic carbocycles. The van der Waals surface area contributed by atoms with Crippen molar-refractivity contribution >= 4 is 35.0 Å². The maximum atomic E-state index is 12.8. The van der Waals surface area contributed by atoms with Gasteiger partial charge >= 0.3 is 0 Å². The molecule has 1 aromatic carbocycles. The fraction of sp³-hybridized carbons (Fsp3) is 0.526. The third-order valence-corrected chi connectivity index (χ3v) is 5.23. The van der Waals surface area contributed by atoms with Gasteiger partial charge in [-0.25, -0.2) is 0 Å². The van der Waals surface area contributed by atoms with E-state index in [0.29, 0.717) is 37.7 Å². The quantitative estimate of drug-likeness (QED) is 0.809. The van der Waals surface area contributed by atoms with E-state index in [1.165, 1.54) is 0 Å². The highest BCUT2D eigenvalue weighted by Crippen LogP contribution is 2.28. The fourth-order valence-electron chi connectivity index (χ4n) is 3.54. The lowest BCUT2D eigenvalue weighted by atomic mass is 10.1. The van der Waals surface area contributed by atoms with E-state index in [9.17, 15) is 14.4 Å². The third kappa shape index (κ3) is 3.85. The molecule has 2 fully saturated rings. The van der Waals surface area contributed by atoms with Crippen LogP contribution in [0.15, 0.2) is 24.3 Å². The number of hydrogen-bond donors (Lipinski definition) is 0. The molecule has 6 nitrogen and oxygen atoms in total. The highest BCUT2D eigenvalue weighted by Gasteiger charge is 2.38. The first-order chi connectivity index (χ1) is 12.4. The van der Waals surface area contributed by atoms with Crippen molar-refractivity contribution < 1.29 is 14.4 Å². The molecule has 0 radical (unpaired) electrons. The molecule has 0 spiro atoms. The number of amides is 3. The summed E-state index contributed by atoms with van der Waals surface area (Å²) in [6, 6.07) is 7.12. The summed E-state index contributed by atoms with van der Waals surface area (Å²) >= 11 is 6.01. The van der Waals surface area contributed by atoms with Crippen LogP contribution in [0.25, 0.3) is 0 Å². The molecule has 7 heteroatoms. The number of anilines is 1. The van der Waals surface area contributed by atoms with Crippen LogP contribution in [0.4, 0.5) is 5.69 Å². The fourth-order valence-corrected chi connectivity index (χ4v) is 3.72. The van der Waals surface area contributed by atoms with Crippen molar-refractivity contribution in [3.63, 3.8) is 0 Å². The van der Waals surface area contributed by atoms with Crippen LogP contribution < -0.4 is 4.90 Å². The van der Waals surface area contributed by atoms with Gasteiger partial charge in [0.1, 0.15) is 0 Å². The summed E-state index contributed by atoms with van der Waals surface area (Å²) < 4.78 is 0. The number of rotatable bonds is 3. The number of benzene rings is 1. The van der Waals surface area contributed by atoms with Gasteiger partial charge in [0.2, 0.25) is 17.7 Å². The molecule has 0 saturated carbocycles. The Balaban J connectivity index is 1.60. The van der Waals surface area contributed by atoms with Crippen LogP contribution in [0.3, 0.4) is 0 Å². The van der Waals surface area contributed by atoms with Gasteiger partial charge in [0, 0.05) is 55.8 Å². The maximum Gasteiger partial charge on any atom is 0.228 e. The van der Waals surface area contributed by atoms with Crippen LogP contribution in [0.2, 0.25) is 5.02 Å². The van der Waals surface area contributed by atoms with Crippen LogP contribution in [-0.2, 0) is 14.4 Å². The van der Waals surface area contributed by atoms with Crippen LogP contribution in [0.5, 0.6) is 0 Å². The standard InChI is InChI=1S/C19H24ClN3O3/c1-13(2)18(25)21-6-8-22(9-7-21)19(26)14-10-17(24)23(12-14)16-5-3-4-15(20)11-16/h3-5,11,13-14H,6-10,12H2,1-2H3/t14-/m1/s1. The number of halogens is 1. The third-order valence-electron chi connectivity index (χ3n) is 4.99. The summed E-state index contributed by atoms with van der Waals surface area (Å²) in [5.41, 5.74) is 0.727. The minimum Gasteiger partial charge on any atom is -0.339 e. The number of carbonyl (C=O) groups is 3. The summed E-state index contributed by atoms with van der Waals surface area (Å²) in [4.78, 5) is 42.5. The SMILES string of the molecule is CC(C)C(=O)N1CCN(C(=O)[C@@H]2CC(=O)N(c3cccc(Cl)c3)C2)CC1. The maximum absolute atomic E-state index is 12.8. The minimum absolute atomic E-state index is 0.000441. The second kappa shape index (κ2) is 7.66. The molecule has 2 aliphatic heterocycles. The van der Waals surface area contributed by atoms with Gasteiger partial charge in [0.05, 0.1) is 5.92 Å². The predicted molar refractivity (Wildman–Crippen MR) is 99.9 cm³/mol. The van der Waals surface area contributed by atoms with Crippen molar-refractivity contribution in [2.75, 3.05) is 37.6 Å². The monoisotopic (exact) mass is 377 g/mol. The molecule has 2 aliphatic rings. The molecule has 140 valence electrons. The lowest BCUT2D eigenvalue weighted by Crippen LogP contribution is -2.53. The van der Waals surface area contributed by atoms with Gasteiger partial charge in [-0.3, -0.25) is 14.4 Å². The Bertz CT molecular complexity index is 714. The van der Waals surface area contributed by atoms with Crippen LogP contribution in [-0.4, -0.2) is 60.2 Å². The van der Waals surface area contributed by atoms with Gasteiger partial charge in [0.25, 0.3) is 0 Å². The largest absolute Gasteiger partial charge is 0.339 e. The van der Waals surface area contributed by atoms with Crippen molar-refractivity contribution in [2.45, 2.75) is 20.3 Å². The Morgan fingerprint density at radius 1 is 1.12 bits per heavy atom. The second-order valence-corrected chi connectivity index (χ2v) is 7.63. The van der Waals surface area contributed by atoms with E-state index in [0.717, 1.165) is 5.69 Å². The molecule has 3 rings (SSSR count). The van der Waals surface area contributed by atoms with E-state index >= 15 is 0 Å². The lowest BCUT2D eigenvalue weighted by Gasteiger charge is -2.36. The summed E-state index contributed by atoms with van der Waals surface area (Å²) in [5.74, 6) is -0.302. The first kappa shape index (κ1) is 18.7. The van der Waals surface area contributed by atoms with E-state index in [1.807, 2.05) is 24.8 Å². The molecular formula is C19H24ClN3O3. The smallest absolute Gasteiger partial charge is 0.228 e. The first-order valence-electron chi connectivity index (χ1n) is 9.00. The average molecular weight is 378 g/mol. The molecule has 2 saturated heterocycles. The first-order valence-corrected chi connectivity index (χ1v) is 9.38. The van der Waals surface area contributed by atoms with E-state index in [2.05, 4.69) is 0 Å². The van der Waals surface area contributed by atoms with E-state index in [4.69, 9.17) is 11.6 Å². The molecule has 26 heavy (non-hydrogen) atoms. The van der Waals surface area contributed by atoms with Crippen molar-refractivity contribution in [3.05, 3.63) is 29.3 Å². The summed E-state index contributed by atoms with van der Waals surface area (Å²) in [6.45, 7) is 6.31. The molecular weight excluding hydrogens is 354 g/mol. The van der Waals surface area contributed by atoms with Gasteiger partial charge in [-0.1, -0.05) is 31.5 Å². The van der Waals surface area contributed by atoms with Crippen LogP contribution in [0.1, 0.15) is 20.3 Å². The van der Waals surface area contributed by atoms with Gasteiger partial charge in [-0.15, -0.1) is 0 Å². The Labute approximate surface area is 158 Å². The Morgan fingerprint density at radius 2 is 1.77 bits per heavy atom. The second-order valence-electron chi connectivity index (χ2n) is 7.19. The average Bonchev–Trinajstić information content (AvgIpc) is 3.02. The number of piperazine rings is 1. The number of nitrogens with zero attached hydrogens (tertiary/aromatic N) is 3. The number of hydrogen-bond acceptors (Lipinski definition) is 3. The topological polar surface area (TPSA) is 60.9 Å². The molecule has 0 bridgehead atoms. The molecule has 0 unspecified atom stereocenters. The molecule has 2 heterocycles. The number of carbonyl (C=O) groups excluding carboxylic acids is 3. The van der Waals surface area contributed by atoms with Gasteiger partial charge < -0.3 is 14.7 Å². The summed E-state index contributed by atoms with van der Waals surface area (Å²) in [5, 5.41) is 0.566. The highest BCUT2D eigenvalue weighted by molar-refractivity contribution is 6.31. The van der Waals surface area contributed by atoms with E-state index in [-0.39, 0.29) is 36.0 Å². The van der Waals surface area contributed by atoms with Crippen molar-refractivity contribution in [1.29, 1.82) is 0 Å². The minimum atomic E-state index is -0.339. The summed E-state index contributed by atoms with van der Waals surface area (Å²) in [7, 11) is 0. The highest BCUT2D eigenvalue weighted by atomic mass is 35.5. The van der Waals surface area contributed by atoms with Gasteiger partial charge in [-0.2, -0.15) is 0 Å². The molecule has 1 aromatic rings. The van der Waals surface area contributed by atoms with Crippen molar-refractivity contribution in [2.24, 2.45) is 11.8 Å². The zero-order valence-electron chi connectivity index (χ0n) is 15.2. The Morgan fingerprint density at radius 3 is 2.38 bits per heavy atom. The lowest BCUT2D eigenvalue weighted by molar-refractivity contribution is -0.143. The molecule has 1 atom stereocenters. The predicted octanol–water partition coefficient (Wildman–Crippen LogP) is 2.02. The van der Waals surface area contributed by atoms with Crippen molar-refractivity contribution in [1.82, 2.24) is 9.80 Å². The summed E-state index contributed by atoms with van der Waals surface area (Å²) in [6.07, 6.45) is 0.219. The Kier molecular flexibility index (Phi) is 5.51. The van der Waals surface area contributed by atoms with Gasteiger partial charge in [-0.05, 0) is 18.2 Å². The molecule has 3 amide bonds. The van der Waals surface area contributed by atoms with Crippen molar-refractivity contribution in [3.8, 4) is 0 Å². The molecule has 0 N–H and O–H groups in total. The normalized spacial score (nSPS) is 20.8.